The van der Waals surface area contributed by atoms with Gasteiger partial charge in [-0.3, -0.25) is 9.59 Å². The summed E-state index contributed by atoms with van der Waals surface area (Å²) < 4.78 is 33.5. The molecule has 0 atom stereocenters. The average Bonchev–Trinajstić information content (AvgIpc) is 3.63. The van der Waals surface area contributed by atoms with E-state index >= 15 is 8.78 Å². The number of fused-ring (bicyclic) bond motifs is 10. The predicted molar refractivity (Wildman–Crippen MR) is 122 cm³/mol. The SMILES string of the molecule is [C-]#[N+]c1nc2nc3c4c(F)c5c(=O)n6c7nc(C#N)c(C#N)nc7nc6c5c(F)c4c(=O)n3c2nc1[N+]#[C-]. The van der Waals surface area contributed by atoms with Gasteiger partial charge in [-0.1, -0.05) is 13.1 Å². The van der Waals surface area contributed by atoms with E-state index in [1.165, 1.54) is 0 Å². The number of nitrogens with zero attached hydrogens (tertiary/aromatic N) is 12. The van der Waals surface area contributed by atoms with Crippen molar-refractivity contribution in [3.8, 4) is 12.1 Å². The van der Waals surface area contributed by atoms with Crippen LogP contribution in [0.3, 0.4) is 0 Å². The molecule has 7 rings (SSSR count). The van der Waals surface area contributed by atoms with Crippen molar-refractivity contribution in [3.05, 3.63) is 66.6 Å². The van der Waals surface area contributed by atoms with Crippen LogP contribution < -0.4 is 11.1 Å². The first-order valence-corrected chi connectivity index (χ1v) is 10.2. The molecule has 14 nitrogen and oxygen atoms in total. The number of halogens is 2. The van der Waals surface area contributed by atoms with Gasteiger partial charge in [0.25, 0.3) is 22.8 Å². The van der Waals surface area contributed by atoms with Crippen molar-refractivity contribution < 1.29 is 8.78 Å². The summed E-state index contributed by atoms with van der Waals surface area (Å²) in [6.07, 6.45) is 0. The van der Waals surface area contributed by atoms with Crippen molar-refractivity contribution in [2.45, 2.75) is 0 Å². The Labute approximate surface area is 204 Å². The molecule has 0 aliphatic rings. The van der Waals surface area contributed by atoms with E-state index in [1.54, 1.807) is 12.1 Å². The van der Waals surface area contributed by atoms with Gasteiger partial charge >= 0.3 is 11.3 Å². The molecule has 6 heterocycles. The van der Waals surface area contributed by atoms with Gasteiger partial charge in [0.1, 0.15) is 23.8 Å². The van der Waals surface area contributed by atoms with E-state index in [1.807, 2.05) is 0 Å². The van der Waals surface area contributed by atoms with Gasteiger partial charge in [-0.2, -0.15) is 15.5 Å². The number of nitriles is 2. The molecule has 0 unspecified atom stereocenters. The Kier molecular flexibility index (Phi) is 3.60. The molecule has 7 aromatic rings. The van der Waals surface area contributed by atoms with Crippen molar-refractivity contribution in [3.63, 3.8) is 0 Å². The summed E-state index contributed by atoms with van der Waals surface area (Å²) in [6, 6.07) is 3.33. The molecular weight excluding hydrogens is 502 g/mol. The van der Waals surface area contributed by atoms with E-state index in [0.717, 1.165) is 8.80 Å². The predicted octanol–water partition coefficient (Wildman–Crippen LogP) is 1.89. The van der Waals surface area contributed by atoms with Crippen LogP contribution in [-0.4, -0.2) is 38.7 Å². The molecule has 0 aliphatic heterocycles. The molecule has 0 saturated heterocycles. The Morgan fingerprint density at radius 2 is 1.08 bits per heavy atom. The highest BCUT2D eigenvalue weighted by molar-refractivity contribution is 6.12. The van der Waals surface area contributed by atoms with Crippen LogP contribution in [-0.2, 0) is 0 Å². The Morgan fingerprint density at radius 1 is 0.632 bits per heavy atom. The van der Waals surface area contributed by atoms with Gasteiger partial charge in [0.05, 0.1) is 21.5 Å². The third-order valence-electron chi connectivity index (χ3n) is 6.04. The molecule has 6 aromatic heterocycles. The third kappa shape index (κ3) is 2.15. The summed E-state index contributed by atoms with van der Waals surface area (Å²) in [6.45, 7) is 14.3. The largest absolute Gasteiger partial charge is 0.370 e. The zero-order chi connectivity index (χ0) is 26.6. The Morgan fingerprint density at radius 3 is 1.58 bits per heavy atom. The minimum Gasteiger partial charge on any atom is -0.370 e. The van der Waals surface area contributed by atoms with Crippen LogP contribution in [0.2, 0.25) is 0 Å². The van der Waals surface area contributed by atoms with E-state index < -0.39 is 67.1 Å². The van der Waals surface area contributed by atoms with E-state index in [-0.39, 0.29) is 34.1 Å². The zero-order valence-electron chi connectivity index (χ0n) is 17.9. The summed E-state index contributed by atoms with van der Waals surface area (Å²) in [4.78, 5) is 56.5. The molecule has 0 saturated carbocycles. The molecule has 0 aliphatic carbocycles. The van der Waals surface area contributed by atoms with E-state index in [9.17, 15) is 20.1 Å². The average molecular weight is 502 g/mol. The molecule has 1 aromatic carbocycles. The van der Waals surface area contributed by atoms with Crippen LogP contribution in [0.4, 0.5) is 20.4 Å². The van der Waals surface area contributed by atoms with Gasteiger partial charge in [0.15, 0.2) is 34.0 Å². The van der Waals surface area contributed by atoms with Crippen LogP contribution in [0.5, 0.6) is 0 Å². The Bertz CT molecular complexity index is 2400. The van der Waals surface area contributed by atoms with Crippen molar-refractivity contribution in [1.29, 1.82) is 10.5 Å². The second-order valence-corrected chi connectivity index (χ2v) is 7.81. The molecule has 0 fully saturated rings. The first-order valence-electron chi connectivity index (χ1n) is 10.2. The first-order chi connectivity index (χ1) is 18.3. The smallest absolute Gasteiger partial charge is 0.316 e. The molecule has 16 heteroatoms. The van der Waals surface area contributed by atoms with Crippen molar-refractivity contribution in [2.75, 3.05) is 0 Å². The van der Waals surface area contributed by atoms with Crippen LogP contribution in [0.1, 0.15) is 11.4 Å². The first kappa shape index (κ1) is 20.8. The van der Waals surface area contributed by atoms with E-state index in [4.69, 9.17) is 13.1 Å². The highest BCUT2D eigenvalue weighted by Gasteiger charge is 2.33. The van der Waals surface area contributed by atoms with Crippen LogP contribution in [0.25, 0.3) is 65.1 Å². The van der Waals surface area contributed by atoms with E-state index in [0.29, 0.717) is 0 Å². The molecule has 174 valence electrons. The lowest BCUT2D eigenvalue weighted by Gasteiger charge is -1.97. The van der Waals surface area contributed by atoms with Gasteiger partial charge in [-0.05, 0) is 0 Å². The Hall–Kier alpha value is -6.52. The summed E-state index contributed by atoms with van der Waals surface area (Å²) in [5, 5.41) is 15.7. The second kappa shape index (κ2) is 6.57. The molecule has 0 spiro atoms. The van der Waals surface area contributed by atoms with Crippen molar-refractivity contribution in [2.24, 2.45) is 0 Å². The lowest BCUT2D eigenvalue weighted by Crippen LogP contribution is -2.10. The fourth-order valence-electron chi connectivity index (χ4n) is 4.53. The van der Waals surface area contributed by atoms with Crippen molar-refractivity contribution >= 4 is 67.1 Å². The van der Waals surface area contributed by atoms with Crippen LogP contribution in [0.15, 0.2) is 9.59 Å². The maximum atomic E-state index is 16.0. The van der Waals surface area contributed by atoms with Crippen LogP contribution >= 0.6 is 0 Å². The second-order valence-electron chi connectivity index (χ2n) is 7.81. The van der Waals surface area contributed by atoms with E-state index in [2.05, 4.69) is 39.6 Å². The number of hydrogen-bond acceptors (Lipinski definition) is 10. The number of benzene rings is 1. The summed E-state index contributed by atoms with van der Waals surface area (Å²) >= 11 is 0. The summed E-state index contributed by atoms with van der Waals surface area (Å²) in [5.41, 5.74) is -4.93. The lowest BCUT2D eigenvalue weighted by molar-refractivity contribution is 0.636. The highest BCUT2D eigenvalue weighted by Crippen LogP contribution is 2.35. The maximum absolute atomic E-state index is 16.0. The molecule has 0 N–H and O–H groups in total. The number of rotatable bonds is 0. The minimum absolute atomic E-state index is 0.254. The molecule has 38 heavy (non-hydrogen) atoms. The standard InChI is InChI=1S/C22F2N12O2/c1-27-13-14(28-2)32-20-16(31-13)34-18-8-10(22(38)36(18)20)11(23)7-9(12(8)24)21(37)35-17(7)33-15-19(35)30-6(4-26)5(3-25)29-15. The quantitative estimate of drug-likeness (QED) is 0.278. The zero-order valence-corrected chi connectivity index (χ0v) is 17.9. The number of imidazole rings is 2. The van der Waals surface area contributed by atoms with Gasteiger partial charge in [-0.25, -0.2) is 32.5 Å². The molecule has 0 bridgehead atoms. The third-order valence-corrected chi connectivity index (χ3v) is 6.04. The van der Waals surface area contributed by atoms with Crippen LogP contribution in [0, 0.1) is 47.4 Å². The van der Waals surface area contributed by atoms with Gasteiger partial charge in [0, 0.05) is 0 Å². The summed E-state index contributed by atoms with van der Waals surface area (Å²) in [7, 11) is 0. The fraction of sp³-hybridized carbons (Fsp3) is 0. The number of hydrogen-bond donors (Lipinski definition) is 0. The Balaban J connectivity index is 1.72. The topological polar surface area (TPSA) is 177 Å². The normalized spacial score (nSPS) is 11.5. The number of aromatic nitrogens is 8. The monoisotopic (exact) mass is 502 g/mol. The van der Waals surface area contributed by atoms with Crippen molar-refractivity contribution in [1.82, 2.24) is 38.7 Å². The minimum atomic E-state index is -1.28. The highest BCUT2D eigenvalue weighted by atomic mass is 19.1. The molecule has 0 amide bonds. The summed E-state index contributed by atoms with van der Waals surface area (Å²) in [5.74, 6) is -3.37. The maximum Gasteiger partial charge on any atom is 0.316 e. The molecule has 0 radical (unpaired) electrons. The van der Waals surface area contributed by atoms with Gasteiger partial charge < -0.3 is 9.69 Å². The fourth-order valence-corrected chi connectivity index (χ4v) is 4.53. The van der Waals surface area contributed by atoms with Gasteiger partial charge in [0.2, 0.25) is 0 Å². The molecular formula is C22F2N12O2. The lowest BCUT2D eigenvalue weighted by atomic mass is 10.1. The van der Waals surface area contributed by atoms with Gasteiger partial charge in [-0.15, -0.1) is 9.97 Å².